The van der Waals surface area contributed by atoms with Gasteiger partial charge in [-0.1, -0.05) is 15.9 Å². The summed E-state index contributed by atoms with van der Waals surface area (Å²) in [5, 5.41) is 9.30. The quantitative estimate of drug-likeness (QED) is 0.591. The number of carbonyl (C=O) groups excluding carboxylic acids is 1. The van der Waals surface area contributed by atoms with Crippen molar-refractivity contribution in [3.05, 3.63) is 0 Å². The Hall–Kier alpha value is 0.110. The summed E-state index contributed by atoms with van der Waals surface area (Å²) < 4.78 is 0. The lowest BCUT2D eigenvalue weighted by Gasteiger charge is -2.29. The molecular weight excluding hydrogens is 196 g/mol. The maximum Gasteiger partial charge on any atom is 0.136 e. The molecule has 2 fully saturated rings. The third kappa shape index (κ3) is 0.705. The standard InChI is InChI=1S/C7H9BrO2/c8-7-4-2-5(9)3(4)1-6(7)10/h3-4,6-7,10H,1-2H2/t3-,4-,6?,7+/m0/s1. The average molecular weight is 205 g/mol. The number of hydrogen-bond acceptors (Lipinski definition) is 2. The summed E-state index contributed by atoms with van der Waals surface area (Å²) in [6, 6.07) is 0. The van der Waals surface area contributed by atoms with Gasteiger partial charge in [-0.05, 0) is 12.3 Å². The fourth-order valence-corrected chi connectivity index (χ4v) is 2.69. The maximum atomic E-state index is 10.9. The number of carbonyl (C=O) groups is 1. The molecule has 0 aliphatic heterocycles. The van der Waals surface area contributed by atoms with Crippen LogP contribution in [0.15, 0.2) is 0 Å². The van der Waals surface area contributed by atoms with E-state index in [1.807, 2.05) is 0 Å². The first-order chi connectivity index (χ1) is 4.70. The van der Waals surface area contributed by atoms with Gasteiger partial charge in [-0.15, -0.1) is 0 Å². The van der Waals surface area contributed by atoms with Gasteiger partial charge in [0.25, 0.3) is 0 Å². The van der Waals surface area contributed by atoms with E-state index < -0.39 is 0 Å². The minimum Gasteiger partial charge on any atom is -0.392 e. The molecule has 2 nitrogen and oxygen atoms in total. The van der Waals surface area contributed by atoms with Gasteiger partial charge in [0.2, 0.25) is 0 Å². The van der Waals surface area contributed by atoms with Crippen LogP contribution in [0.2, 0.25) is 0 Å². The largest absolute Gasteiger partial charge is 0.392 e. The first-order valence-corrected chi connectivity index (χ1v) is 4.46. The zero-order valence-corrected chi connectivity index (χ0v) is 7.04. The van der Waals surface area contributed by atoms with Gasteiger partial charge >= 0.3 is 0 Å². The van der Waals surface area contributed by atoms with Gasteiger partial charge in [0.15, 0.2) is 0 Å². The van der Waals surface area contributed by atoms with Crippen molar-refractivity contribution >= 4 is 21.7 Å². The molecule has 3 heteroatoms. The number of hydrogen-bond donors (Lipinski definition) is 1. The summed E-state index contributed by atoms with van der Waals surface area (Å²) in [7, 11) is 0. The predicted octanol–water partition coefficient (Wildman–Crippen LogP) is 0.720. The van der Waals surface area contributed by atoms with Gasteiger partial charge in [0.1, 0.15) is 5.78 Å². The smallest absolute Gasteiger partial charge is 0.136 e. The lowest BCUT2D eigenvalue weighted by atomic mass is 9.75. The van der Waals surface area contributed by atoms with E-state index in [9.17, 15) is 9.90 Å². The van der Waals surface area contributed by atoms with Gasteiger partial charge < -0.3 is 5.11 Å². The van der Waals surface area contributed by atoms with Crippen LogP contribution in [0.4, 0.5) is 0 Å². The number of rotatable bonds is 0. The van der Waals surface area contributed by atoms with Gasteiger partial charge in [-0.25, -0.2) is 0 Å². The van der Waals surface area contributed by atoms with E-state index >= 15 is 0 Å². The topological polar surface area (TPSA) is 37.3 Å². The summed E-state index contributed by atoms with van der Waals surface area (Å²) in [6.07, 6.45) is 1.07. The van der Waals surface area contributed by atoms with Crippen LogP contribution in [0.5, 0.6) is 0 Å². The van der Waals surface area contributed by atoms with Crippen molar-refractivity contribution in [3.63, 3.8) is 0 Å². The first-order valence-electron chi connectivity index (χ1n) is 3.55. The van der Waals surface area contributed by atoms with E-state index in [1.54, 1.807) is 0 Å². The van der Waals surface area contributed by atoms with E-state index in [2.05, 4.69) is 15.9 Å². The van der Waals surface area contributed by atoms with Crippen LogP contribution in [0.25, 0.3) is 0 Å². The molecule has 2 saturated carbocycles. The molecular formula is C7H9BrO2. The number of halogens is 1. The minimum atomic E-state index is -0.290. The zero-order chi connectivity index (χ0) is 7.30. The summed E-state index contributed by atoms with van der Waals surface area (Å²) in [5.41, 5.74) is 0. The second-order valence-corrected chi connectivity index (χ2v) is 4.25. The highest BCUT2D eigenvalue weighted by atomic mass is 79.9. The molecule has 56 valence electrons. The Kier molecular flexibility index (Phi) is 1.39. The molecule has 2 aliphatic rings. The molecule has 2 rings (SSSR count). The molecule has 0 aromatic heterocycles. The Labute approximate surface area is 67.7 Å². The Morgan fingerprint density at radius 2 is 2.30 bits per heavy atom. The average Bonchev–Trinajstić information content (AvgIpc) is 2.12. The van der Waals surface area contributed by atoms with Crippen molar-refractivity contribution in [1.82, 2.24) is 0 Å². The number of aliphatic hydroxyl groups excluding tert-OH is 1. The Balaban J connectivity index is 2.13. The number of alkyl halides is 1. The summed E-state index contributed by atoms with van der Waals surface area (Å²) in [4.78, 5) is 11.0. The highest BCUT2D eigenvalue weighted by Crippen LogP contribution is 2.47. The molecule has 0 aromatic rings. The van der Waals surface area contributed by atoms with E-state index in [0.717, 1.165) is 0 Å². The highest BCUT2D eigenvalue weighted by Gasteiger charge is 2.51. The number of fused-ring (bicyclic) bond motifs is 1. The molecule has 0 heterocycles. The van der Waals surface area contributed by atoms with Crippen molar-refractivity contribution in [2.45, 2.75) is 23.8 Å². The maximum absolute atomic E-state index is 10.9. The molecule has 0 aromatic carbocycles. The molecule has 1 unspecified atom stereocenters. The summed E-state index contributed by atoms with van der Waals surface area (Å²) in [5.74, 6) is 0.952. The molecule has 0 spiro atoms. The van der Waals surface area contributed by atoms with E-state index in [4.69, 9.17) is 0 Å². The Morgan fingerprint density at radius 3 is 2.70 bits per heavy atom. The second kappa shape index (κ2) is 2.05. The molecule has 0 saturated heterocycles. The van der Waals surface area contributed by atoms with Gasteiger partial charge in [0.05, 0.1) is 6.10 Å². The van der Waals surface area contributed by atoms with Crippen molar-refractivity contribution in [2.75, 3.05) is 0 Å². The van der Waals surface area contributed by atoms with E-state index in [1.165, 1.54) is 0 Å². The van der Waals surface area contributed by atoms with Gasteiger partial charge in [-0.3, -0.25) is 4.79 Å². The van der Waals surface area contributed by atoms with Crippen LogP contribution in [0, 0.1) is 11.8 Å². The fourth-order valence-electron chi connectivity index (χ4n) is 1.92. The number of aliphatic hydroxyl groups is 1. The third-order valence-electron chi connectivity index (χ3n) is 2.64. The monoisotopic (exact) mass is 204 g/mol. The molecule has 4 atom stereocenters. The second-order valence-electron chi connectivity index (χ2n) is 3.19. The number of Topliss-reactive ketones (excluding diaryl/α,β-unsaturated/α-hetero) is 1. The van der Waals surface area contributed by atoms with Gasteiger partial charge in [0, 0.05) is 17.2 Å². The number of ketones is 1. The highest BCUT2D eigenvalue weighted by molar-refractivity contribution is 9.09. The summed E-state index contributed by atoms with van der Waals surface area (Å²) >= 11 is 3.39. The first kappa shape index (κ1) is 6.80. The van der Waals surface area contributed by atoms with Gasteiger partial charge in [-0.2, -0.15) is 0 Å². The lowest BCUT2D eigenvalue weighted by molar-refractivity contribution is -0.132. The van der Waals surface area contributed by atoms with Crippen molar-refractivity contribution in [2.24, 2.45) is 11.8 Å². The van der Waals surface area contributed by atoms with Crippen LogP contribution >= 0.6 is 15.9 Å². The summed E-state index contributed by atoms with van der Waals surface area (Å²) in [6.45, 7) is 0. The Morgan fingerprint density at radius 1 is 1.60 bits per heavy atom. The van der Waals surface area contributed by atoms with Crippen LogP contribution in [-0.4, -0.2) is 21.8 Å². The molecule has 1 N–H and O–H groups in total. The van der Waals surface area contributed by atoms with Crippen LogP contribution in [0.1, 0.15) is 12.8 Å². The lowest BCUT2D eigenvalue weighted by Crippen LogP contribution is -2.36. The fraction of sp³-hybridized carbons (Fsp3) is 0.857. The van der Waals surface area contributed by atoms with E-state index in [0.29, 0.717) is 24.5 Å². The van der Waals surface area contributed by atoms with Crippen LogP contribution in [-0.2, 0) is 4.79 Å². The zero-order valence-electron chi connectivity index (χ0n) is 5.46. The third-order valence-corrected chi connectivity index (χ3v) is 3.93. The molecule has 0 bridgehead atoms. The normalized spacial score (nSPS) is 52.4. The molecule has 0 amide bonds. The van der Waals surface area contributed by atoms with Crippen LogP contribution in [0.3, 0.4) is 0 Å². The molecule has 0 radical (unpaired) electrons. The van der Waals surface area contributed by atoms with Crippen molar-refractivity contribution in [3.8, 4) is 0 Å². The Bertz CT molecular complexity index is 180. The van der Waals surface area contributed by atoms with Crippen molar-refractivity contribution < 1.29 is 9.90 Å². The van der Waals surface area contributed by atoms with Crippen molar-refractivity contribution in [1.29, 1.82) is 0 Å². The predicted molar refractivity (Wildman–Crippen MR) is 39.9 cm³/mol. The van der Waals surface area contributed by atoms with E-state index in [-0.39, 0.29) is 16.8 Å². The molecule has 2 aliphatic carbocycles. The van der Waals surface area contributed by atoms with Crippen LogP contribution < -0.4 is 0 Å². The minimum absolute atomic E-state index is 0.176. The SMILES string of the molecule is O=C1C[C@H]2[C@@H]1CC(O)[C@@H]2Br. The molecule has 10 heavy (non-hydrogen) atoms.